The minimum Gasteiger partial charge on any atom is -0.471 e. The molecular weight excluding hydrogens is 288 g/mol. The number of hydrogen-bond acceptors (Lipinski definition) is 2. The molecule has 3 heteroatoms. The van der Waals surface area contributed by atoms with Crippen LogP contribution in [0.25, 0.3) is 0 Å². The molecule has 132 valence electrons. The molecule has 2 nitrogen and oxygen atoms in total. The van der Waals surface area contributed by atoms with Crippen LogP contribution in [0.5, 0.6) is 0 Å². The lowest BCUT2D eigenvalue weighted by Gasteiger charge is -2.03. The van der Waals surface area contributed by atoms with Crippen LogP contribution < -0.4 is 0 Å². The second kappa shape index (κ2) is 18.7. The van der Waals surface area contributed by atoms with Crippen molar-refractivity contribution in [3.8, 4) is 0 Å². The van der Waals surface area contributed by atoms with Crippen molar-refractivity contribution in [2.45, 2.75) is 110 Å². The fourth-order valence-corrected chi connectivity index (χ4v) is 3.20. The third-order valence-electron chi connectivity index (χ3n) is 4.29. The molecule has 0 atom stereocenters. The highest BCUT2D eigenvalue weighted by Gasteiger charge is 2.00. The Morgan fingerprint density at radius 2 is 1.05 bits per heavy atom. The van der Waals surface area contributed by atoms with Crippen molar-refractivity contribution in [3.05, 3.63) is 0 Å². The van der Waals surface area contributed by atoms with Crippen molar-refractivity contribution in [2.24, 2.45) is 0 Å². The Morgan fingerprint density at radius 3 is 1.41 bits per heavy atom. The predicted molar refractivity (Wildman–Crippen MR) is 100 cm³/mol. The predicted octanol–water partition coefficient (Wildman–Crippen LogP) is 5.11. The molecule has 0 bridgehead atoms. The molecule has 0 radical (unpaired) electrons. The lowest BCUT2D eigenvalue weighted by molar-refractivity contribution is -0.141. The maximum atomic E-state index is 11.2. The average molecular weight is 329 g/mol. The summed E-state index contributed by atoms with van der Waals surface area (Å²) in [5.74, 6) is 0.00435. The summed E-state index contributed by atoms with van der Waals surface area (Å²) in [6.45, 7) is 2.28. The van der Waals surface area contributed by atoms with Crippen LogP contribution in [0.15, 0.2) is 0 Å². The molecule has 22 heavy (non-hydrogen) atoms. The van der Waals surface area contributed by atoms with Crippen molar-refractivity contribution in [2.75, 3.05) is 6.23 Å². The summed E-state index contributed by atoms with van der Waals surface area (Å²) in [7, 11) is 0.955. The minimum atomic E-state index is 0.00435. The summed E-state index contributed by atoms with van der Waals surface area (Å²) in [6, 6.07) is 0. The Hall–Kier alpha value is -0.313. The van der Waals surface area contributed by atoms with Crippen LogP contribution in [0.4, 0.5) is 0 Å². The SMILES string of the molecule is CCCCCCCCCCCCCCCCCC(=O)OC[SiH3]. The van der Waals surface area contributed by atoms with Crippen LogP contribution in [-0.2, 0) is 9.53 Å². The maximum Gasteiger partial charge on any atom is 0.305 e. The van der Waals surface area contributed by atoms with E-state index >= 15 is 0 Å². The second-order valence-corrected chi connectivity index (χ2v) is 7.08. The number of rotatable bonds is 17. The van der Waals surface area contributed by atoms with Crippen LogP contribution >= 0.6 is 0 Å². The van der Waals surface area contributed by atoms with E-state index in [-0.39, 0.29) is 5.97 Å². The third-order valence-corrected chi connectivity index (χ3v) is 4.58. The molecule has 0 aromatic carbocycles. The van der Waals surface area contributed by atoms with Crippen molar-refractivity contribution in [1.82, 2.24) is 0 Å². The van der Waals surface area contributed by atoms with Gasteiger partial charge in [0.05, 0.1) is 16.5 Å². The lowest BCUT2D eigenvalue weighted by atomic mass is 10.0. The van der Waals surface area contributed by atoms with Crippen LogP contribution in [0, 0.1) is 0 Å². The fraction of sp³-hybridized carbons (Fsp3) is 0.947. The van der Waals surface area contributed by atoms with Crippen LogP contribution in [0.1, 0.15) is 110 Å². The van der Waals surface area contributed by atoms with E-state index in [9.17, 15) is 4.79 Å². The molecule has 0 aromatic heterocycles. The average Bonchev–Trinajstić information content (AvgIpc) is 2.51. The van der Waals surface area contributed by atoms with E-state index < -0.39 is 0 Å². The van der Waals surface area contributed by atoms with Gasteiger partial charge in [0.25, 0.3) is 0 Å². The Labute approximate surface area is 142 Å². The maximum absolute atomic E-state index is 11.2. The molecule has 0 aromatic rings. The standard InChI is InChI=1S/C19H40O2Si/c1-2-3-4-5-6-7-8-9-10-11-12-13-14-15-16-17-19(20)21-18-22/h2-18H2,1,22H3. The van der Waals surface area contributed by atoms with E-state index in [1.165, 1.54) is 89.9 Å². The number of hydrogen-bond donors (Lipinski definition) is 0. The van der Waals surface area contributed by atoms with Gasteiger partial charge in [0.15, 0.2) is 0 Å². The number of esters is 1. The van der Waals surface area contributed by atoms with E-state index in [4.69, 9.17) is 4.74 Å². The van der Waals surface area contributed by atoms with Crippen molar-refractivity contribution < 1.29 is 9.53 Å². The van der Waals surface area contributed by atoms with Gasteiger partial charge in [-0.1, -0.05) is 96.8 Å². The summed E-state index contributed by atoms with van der Waals surface area (Å²) >= 11 is 0. The molecule has 0 heterocycles. The Morgan fingerprint density at radius 1 is 0.682 bits per heavy atom. The van der Waals surface area contributed by atoms with Gasteiger partial charge in [0.2, 0.25) is 0 Å². The smallest absolute Gasteiger partial charge is 0.305 e. The van der Waals surface area contributed by atoms with E-state index in [1.807, 2.05) is 0 Å². The molecule has 0 amide bonds. The molecule has 0 aliphatic carbocycles. The molecule has 0 aliphatic heterocycles. The number of ether oxygens (including phenoxy) is 1. The third kappa shape index (κ3) is 17.7. The molecule has 0 aliphatic rings. The summed E-state index contributed by atoms with van der Waals surface area (Å²) in [4.78, 5) is 11.2. The summed E-state index contributed by atoms with van der Waals surface area (Å²) < 4.78 is 4.98. The van der Waals surface area contributed by atoms with E-state index in [1.54, 1.807) is 0 Å². The van der Waals surface area contributed by atoms with Gasteiger partial charge in [0, 0.05) is 6.42 Å². The number of unbranched alkanes of at least 4 members (excludes halogenated alkanes) is 14. The van der Waals surface area contributed by atoms with E-state index in [0.717, 1.165) is 16.7 Å². The first-order valence-corrected chi connectivity index (χ1v) is 11.4. The molecule has 0 spiro atoms. The van der Waals surface area contributed by atoms with Gasteiger partial charge in [-0.2, -0.15) is 0 Å². The van der Waals surface area contributed by atoms with Gasteiger partial charge in [-0.15, -0.1) is 0 Å². The Bertz CT molecular complexity index is 231. The molecule has 0 N–H and O–H groups in total. The number of carbonyl (C=O) groups is 1. The Balaban J connectivity index is 3.01. The second-order valence-electron chi connectivity index (χ2n) is 6.50. The van der Waals surface area contributed by atoms with E-state index in [0.29, 0.717) is 12.7 Å². The lowest BCUT2D eigenvalue weighted by Crippen LogP contribution is -2.04. The molecule has 0 unspecified atom stereocenters. The van der Waals surface area contributed by atoms with Crippen LogP contribution in [0.3, 0.4) is 0 Å². The van der Waals surface area contributed by atoms with Crippen LogP contribution in [0.2, 0.25) is 0 Å². The van der Waals surface area contributed by atoms with Gasteiger partial charge in [0.1, 0.15) is 0 Å². The largest absolute Gasteiger partial charge is 0.471 e. The summed E-state index contributed by atoms with van der Waals surface area (Å²) in [5.41, 5.74) is 0. The zero-order valence-electron chi connectivity index (χ0n) is 15.3. The molecule has 0 saturated carbocycles. The quantitative estimate of drug-likeness (QED) is 0.210. The summed E-state index contributed by atoms with van der Waals surface area (Å²) in [5, 5.41) is 0. The van der Waals surface area contributed by atoms with Gasteiger partial charge in [-0.25, -0.2) is 0 Å². The van der Waals surface area contributed by atoms with Gasteiger partial charge < -0.3 is 4.74 Å². The highest BCUT2D eigenvalue weighted by atomic mass is 28.1. The summed E-state index contributed by atoms with van der Waals surface area (Å²) in [6.07, 6.45) is 21.7. The highest BCUT2D eigenvalue weighted by Crippen LogP contribution is 2.13. The fourth-order valence-electron chi connectivity index (χ4n) is 2.87. The Kier molecular flexibility index (Phi) is 18.5. The van der Waals surface area contributed by atoms with Gasteiger partial charge in [-0.3, -0.25) is 4.79 Å². The molecule has 0 saturated heterocycles. The van der Waals surface area contributed by atoms with Gasteiger partial charge in [-0.05, 0) is 6.42 Å². The van der Waals surface area contributed by atoms with E-state index in [2.05, 4.69) is 6.92 Å². The molecule has 0 rings (SSSR count). The first-order valence-electron chi connectivity index (χ1n) is 9.96. The first-order chi connectivity index (χ1) is 10.8. The minimum absolute atomic E-state index is 0.00435. The van der Waals surface area contributed by atoms with Crippen molar-refractivity contribution in [3.63, 3.8) is 0 Å². The molecule has 0 fully saturated rings. The van der Waals surface area contributed by atoms with Gasteiger partial charge >= 0.3 is 5.97 Å². The van der Waals surface area contributed by atoms with Crippen LogP contribution in [-0.4, -0.2) is 22.4 Å². The number of carbonyl (C=O) groups excluding carboxylic acids is 1. The normalized spacial score (nSPS) is 11.0. The first kappa shape index (κ1) is 21.7. The highest BCUT2D eigenvalue weighted by molar-refractivity contribution is 6.08. The van der Waals surface area contributed by atoms with Crippen molar-refractivity contribution >= 4 is 16.2 Å². The zero-order chi connectivity index (χ0) is 16.3. The van der Waals surface area contributed by atoms with Crippen molar-refractivity contribution in [1.29, 1.82) is 0 Å². The zero-order valence-corrected chi connectivity index (χ0v) is 17.3. The monoisotopic (exact) mass is 328 g/mol. The topological polar surface area (TPSA) is 26.3 Å². The molecular formula is C19H40O2Si.